The van der Waals surface area contributed by atoms with Gasteiger partial charge in [0.1, 0.15) is 0 Å². The van der Waals surface area contributed by atoms with E-state index in [0.717, 1.165) is 24.8 Å². The maximum atomic E-state index is 11.5. The Hall–Kier alpha value is -1.58. The molecule has 22 heavy (non-hydrogen) atoms. The standard InChI is InChI=1S/C18H28O4/c1-12(11-14(16(19)20)17(21)22-5)8-9-15-13(2)7-6-10-18(15,3)4/h11,14H,6-10H2,1-5H3,(H,19,20)/b12-11+. The summed E-state index contributed by atoms with van der Waals surface area (Å²) in [4.78, 5) is 22.6. The van der Waals surface area contributed by atoms with Gasteiger partial charge in [-0.2, -0.15) is 0 Å². The third-order valence-corrected chi connectivity index (χ3v) is 4.63. The molecule has 0 spiro atoms. The first-order chi connectivity index (χ1) is 10.2. The predicted molar refractivity (Wildman–Crippen MR) is 86.5 cm³/mol. The lowest BCUT2D eigenvalue weighted by Crippen LogP contribution is -2.23. The molecular weight excluding hydrogens is 280 g/mol. The predicted octanol–water partition coefficient (Wildman–Crippen LogP) is 4.11. The third-order valence-electron chi connectivity index (χ3n) is 4.63. The molecule has 0 aromatic carbocycles. The summed E-state index contributed by atoms with van der Waals surface area (Å²) in [5.41, 5.74) is 4.08. The van der Waals surface area contributed by atoms with Gasteiger partial charge in [-0.3, -0.25) is 9.59 Å². The normalized spacial score (nSPS) is 19.8. The molecule has 1 unspecified atom stereocenters. The van der Waals surface area contributed by atoms with Gasteiger partial charge in [-0.1, -0.05) is 36.6 Å². The zero-order chi connectivity index (χ0) is 16.9. The molecule has 0 heterocycles. The second-order valence-corrected chi connectivity index (χ2v) is 6.85. The molecule has 1 rings (SSSR count). The van der Waals surface area contributed by atoms with Crippen molar-refractivity contribution in [2.45, 2.75) is 59.8 Å². The van der Waals surface area contributed by atoms with Crippen LogP contribution in [-0.2, 0) is 14.3 Å². The van der Waals surface area contributed by atoms with Crippen molar-refractivity contribution in [1.29, 1.82) is 0 Å². The highest BCUT2D eigenvalue weighted by molar-refractivity contribution is 5.96. The average molecular weight is 308 g/mol. The molecule has 0 fully saturated rings. The summed E-state index contributed by atoms with van der Waals surface area (Å²) in [6, 6.07) is 0. The van der Waals surface area contributed by atoms with Crippen LogP contribution in [0.5, 0.6) is 0 Å². The number of aliphatic carboxylic acids is 1. The molecule has 1 N–H and O–H groups in total. The summed E-state index contributed by atoms with van der Waals surface area (Å²) >= 11 is 0. The number of ether oxygens (including phenoxy) is 1. The van der Waals surface area contributed by atoms with Gasteiger partial charge in [0.2, 0.25) is 0 Å². The van der Waals surface area contributed by atoms with Gasteiger partial charge in [-0.05, 0) is 51.4 Å². The summed E-state index contributed by atoms with van der Waals surface area (Å²) < 4.78 is 4.55. The fourth-order valence-electron chi connectivity index (χ4n) is 3.28. The molecule has 0 saturated heterocycles. The fraction of sp³-hybridized carbons (Fsp3) is 0.667. The number of carboxylic acids is 1. The Balaban J connectivity index is 2.80. The Morgan fingerprint density at radius 3 is 2.55 bits per heavy atom. The van der Waals surface area contributed by atoms with Crippen LogP contribution < -0.4 is 0 Å². The van der Waals surface area contributed by atoms with Crippen molar-refractivity contribution < 1.29 is 19.4 Å². The first kappa shape index (κ1) is 18.5. The number of esters is 1. The highest BCUT2D eigenvalue weighted by Gasteiger charge is 2.28. The quantitative estimate of drug-likeness (QED) is 0.455. The van der Waals surface area contributed by atoms with Crippen molar-refractivity contribution in [2.24, 2.45) is 11.3 Å². The Labute approximate surface area is 133 Å². The van der Waals surface area contributed by atoms with Gasteiger partial charge >= 0.3 is 11.9 Å². The molecule has 4 nitrogen and oxygen atoms in total. The first-order valence-corrected chi connectivity index (χ1v) is 7.86. The number of rotatable bonds is 6. The molecular formula is C18H28O4. The smallest absolute Gasteiger partial charge is 0.323 e. The van der Waals surface area contributed by atoms with Crippen molar-refractivity contribution in [3.63, 3.8) is 0 Å². The third kappa shape index (κ3) is 4.72. The lowest BCUT2D eigenvalue weighted by molar-refractivity contribution is -0.154. The van der Waals surface area contributed by atoms with Crippen molar-refractivity contribution in [3.8, 4) is 0 Å². The Kier molecular flexibility index (Phi) is 6.39. The van der Waals surface area contributed by atoms with E-state index in [2.05, 4.69) is 25.5 Å². The molecule has 0 radical (unpaired) electrons. The van der Waals surface area contributed by atoms with E-state index in [1.165, 1.54) is 37.2 Å². The number of methoxy groups -OCH3 is 1. The van der Waals surface area contributed by atoms with Crippen molar-refractivity contribution in [2.75, 3.05) is 7.11 Å². The van der Waals surface area contributed by atoms with E-state index < -0.39 is 17.9 Å². The summed E-state index contributed by atoms with van der Waals surface area (Å²) in [7, 11) is 1.21. The Morgan fingerprint density at radius 1 is 1.41 bits per heavy atom. The van der Waals surface area contributed by atoms with Crippen LogP contribution in [0.15, 0.2) is 22.8 Å². The molecule has 0 aliphatic heterocycles. The fourth-order valence-corrected chi connectivity index (χ4v) is 3.28. The summed E-state index contributed by atoms with van der Waals surface area (Å²) in [6.07, 6.45) is 6.80. The number of carboxylic acid groups (broad SMARTS) is 1. The topological polar surface area (TPSA) is 63.6 Å². The number of allylic oxidation sites excluding steroid dienone is 3. The number of hydrogen-bond acceptors (Lipinski definition) is 3. The van der Waals surface area contributed by atoms with Gasteiger partial charge in [0.15, 0.2) is 5.92 Å². The highest BCUT2D eigenvalue weighted by atomic mass is 16.5. The largest absolute Gasteiger partial charge is 0.480 e. The molecule has 0 amide bonds. The molecule has 0 bridgehead atoms. The van der Waals surface area contributed by atoms with E-state index in [9.17, 15) is 9.59 Å². The van der Waals surface area contributed by atoms with Crippen LogP contribution in [0.4, 0.5) is 0 Å². The maximum Gasteiger partial charge on any atom is 0.323 e. The zero-order valence-electron chi connectivity index (χ0n) is 14.4. The van der Waals surface area contributed by atoms with Crippen molar-refractivity contribution in [3.05, 3.63) is 22.8 Å². The Bertz CT molecular complexity index is 497. The molecule has 0 saturated carbocycles. The van der Waals surface area contributed by atoms with Crippen LogP contribution in [-0.4, -0.2) is 24.2 Å². The second kappa shape index (κ2) is 7.61. The second-order valence-electron chi connectivity index (χ2n) is 6.85. The lowest BCUT2D eigenvalue weighted by atomic mass is 9.71. The van der Waals surface area contributed by atoms with E-state index in [-0.39, 0.29) is 5.41 Å². The van der Waals surface area contributed by atoms with Gasteiger partial charge < -0.3 is 9.84 Å². The Morgan fingerprint density at radius 2 is 2.05 bits per heavy atom. The minimum Gasteiger partial charge on any atom is -0.480 e. The van der Waals surface area contributed by atoms with Crippen LogP contribution in [0, 0.1) is 11.3 Å². The van der Waals surface area contributed by atoms with Crippen molar-refractivity contribution in [1.82, 2.24) is 0 Å². The molecule has 1 atom stereocenters. The van der Waals surface area contributed by atoms with Crippen LogP contribution in [0.2, 0.25) is 0 Å². The zero-order valence-corrected chi connectivity index (χ0v) is 14.4. The minimum atomic E-state index is -1.21. The van der Waals surface area contributed by atoms with Gasteiger partial charge in [-0.25, -0.2) is 0 Å². The molecule has 1 aliphatic carbocycles. The molecule has 4 heteroatoms. The first-order valence-electron chi connectivity index (χ1n) is 7.86. The van der Waals surface area contributed by atoms with E-state index in [4.69, 9.17) is 5.11 Å². The average Bonchev–Trinajstić information content (AvgIpc) is 2.42. The van der Waals surface area contributed by atoms with E-state index in [1.807, 2.05) is 6.92 Å². The monoisotopic (exact) mass is 308 g/mol. The van der Waals surface area contributed by atoms with Gasteiger partial charge in [-0.15, -0.1) is 0 Å². The summed E-state index contributed by atoms with van der Waals surface area (Å²) in [5, 5.41) is 9.11. The lowest BCUT2D eigenvalue weighted by Gasteiger charge is -2.35. The molecule has 124 valence electrons. The summed E-state index contributed by atoms with van der Waals surface area (Å²) in [5.74, 6) is -3.10. The maximum absolute atomic E-state index is 11.5. The van der Waals surface area contributed by atoms with E-state index >= 15 is 0 Å². The number of hydrogen-bond donors (Lipinski definition) is 1. The minimum absolute atomic E-state index is 0.219. The van der Waals surface area contributed by atoms with Gasteiger partial charge in [0.25, 0.3) is 0 Å². The van der Waals surface area contributed by atoms with Crippen LogP contribution in [0.25, 0.3) is 0 Å². The van der Waals surface area contributed by atoms with Crippen LogP contribution >= 0.6 is 0 Å². The van der Waals surface area contributed by atoms with Crippen LogP contribution in [0.1, 0.15) is 59.8 Å². The number of carbonyl (C=O) groups excluding carboxylic acids is 1. The van der Waals surface area contributed by atoms with Gasteiger partial charge in [0, 0.05) is 0 Å². The summed E-state index contributed by atoms with van der Waals surface area (Å²) in [6.45, 7) is 8.63. The van der Waals surface area contributed by atoms with Crippen molar-refractivity contribution >= 4 is 11.9 Å². The van der Waals surface area contributed by atoms with E-state index in [1.54, 1.807) is 0 Å². The molecule has 0 aromatic heterocycles. The highest BCUT2D eigenvalue weighted by Crippen LogP contribution is 2.42. The van der Waals surface area contributed by atoms with Gasteiger partial charge in [0.05, 0.1) is 7.11 Å². The number of carbonyl (C=O) groups is 2. The molecule has 1 aliphatic rings. The van der Waals surface area contributed by atoms with E-state index in [0.29, 0.717) is 0 Å². The van der Waals surface area contributed by atoms with Crippen LogP contribution in [0.3, 0.4) is 0 Å². The SMILES string of the molecule is COC(=O)C(/C=C(\C)CCC1=C(C)CCCC1(C)C)C(=O)O. The molecule has 0 aromatic rings.